The van der Waals surface area contributed by atoms with Gasteiger partial charge in [0.1, 0.15) is 4.90 Å². The van der Waals surface area contributed by atoms with Crippen molar-refractivity contribution in [3.63, 3.8) is 0 Å². The van der Waals surface area contributed by atoms with Crippen LogP contribution >= 0.6 is 11.6 Å². The summed E-state index contributed by atoms with van der Waals surface area (Å²) in [6.07, 6.45) is 2.47. The first kappa shape index (κ1) is 28.9. The van der Waals surface area contributed by atoms with Crippen molar-refractivity contribution in [3.8, 4) is 0 Å². The molecule has 222 valence electrons. The first-order valence-electron chi connectivity index (χ1n) is 13.9. The van der Waals surface area contributed by atoms with Gasteiger partial charge < -0.3 is 9.80 Å². The van der Waals surface area contributed by atoms with E-state index in [2.05, 4.69) is 14.6 Å². The van der Waals surface area contributed by atoms with Crippen LogP contribution < -0.4 is 9.62 Å². The molecule has 7 nitrogen and oxygen atoms in total. The van der Waals surface area contributed by atoms with Crippen LogP contribution in [0.2, 0.25) is 5.02 Å². The number of anilines is 1. The van der Waals surface area contributed by atoms with Gasteiger partial charge in [0.25, 0.3) is 5.91 Å². The van der Waals surface area contributed by atoms with Crippen LogP contribution in [0.4, 0.5) is 18.9 Å². The van der Waals surface area contributed by atoms with E-state index in [0.717, 1.165) is 55.7 Å². The highest BCUT2D eigenvalue weighted by molar-refractivity contribution is 7.89. The van der Waals surface area contributed by atoms with Gasteiger partial charge in [-0.25, -0.2) is 13.1 Å². The summed E-state index contributed by atoms with van der Waals surface area (Å²) in [5, 5.41) is -0.506. The molecule has 0 unspecified atom stereocenters. The molecule has 1 atom stereocenters. The lowest BCUT2D eigenvalue weighted by Gasteiger charge is -2.40. The van der Waals surface area contributed by atoms with Crippen molar-refractivity contribution < 1.29 is 26.4 Å². The Balaban J connectivity index is 1.17. The maximum Gasteiger partial charge on any atom is 0.417 e. The van der Waals surface area contributed by atoms with Crippen LogP contribution in [-0.2, 0) is 22.6 Å². The number of nitrogens with one attached hydrogen (secondary N) is 1. The predicted molar refractivity (Wildman–Crippen MR) is 153 cm³/mol. The Bertz CT molecular complexity index is 1610. The number of hydrogen-bond acceptors (Lipinski definition) is 5. The molecule has 0 saturated carbocycles. The third-order valence-electron chi connectivity index (χ3n) is 8.89. The molecule has 1 aliphatic carbocycles. The van der Waals surface area contributed by atoms with Crippen LogP contribution in [0, 0.1) is 5.41 Å². The van der Waals surface area contributed by atoms with Gasteiger partial charge in [0.2, 0.25) is 10.0 Å². The summed E-state index contributed by atoms with van der Waals surface area (Å²) in [6, 6.07) is 11.4. The van der Waals surface area contributed by atoms with E-state index in [1.165, 1.54) is 0 Å². The van der Waals surface area contributed by atoms with Gasteiger partial charge in [-0.1, -0.05) is 23.7 Å². The maximum atomic E-state index is 13.6. The van der Waals surface area contributed by atoms with Gasteiger partial charge in [-0.15, -0.1) is 0 Å². The van der Waals surface area contributed by atoms with Crippen LogP contribution in [0.25, 0.3) is 0 Å². The van der Waals surface area contributed by atoms with E-state index in [4.69, 9.17) is 11.6 Å². The molecule has 3 aromatic rings. The molecule has 1 spiro atoms. The number of amides is 1. The molecule has 42 heavy (non-hydrogen) atoms. The largest absolute Gasteiger partial charge is 0.417 e. The lowest BCUT2D eigenvalue weighted by atomic mass is 9.77. The molecule has 12 heteroatoms. The zero-order valence-corrected chi connectivity index (χ0v) is 24.3. The SMILES string of the molecule is O=C(c1ccc2c(c1)[C@H](NS(=O)(=O)c1c(Cl)cccc1C(F)(F)F)CC2)N1CCC2(CCN(c3ccncc3)CC2)C1. The highest BCUT2D eigenvalue weighted by Gasteiger charge is 2.43. The average molecular weight is 619 g/mol. The van der Waals surface area contributed by atoms with E-state index in [1.807, 2.05) is 23.1 Å². The third-order valence-corrected chi connectivity index (χ3v) is 10.9. The second-order valence-electron chi connectivity index (χ2n) is 11.4. The Morgan fingerprint density at radius 2 is 1.74 bits per heavy atom. The van der Waals surface area contributed by atoms with E-state index in [1.54, 1.807) is 24.5 Å². The van der Waals surface area contributed by atoms with Crippen LogP contribution in [0.3, 0.4) is 0 Å². The fourth-order valence-corrected chi connectivity index (χ4v) is 8.62. The molecule has 3 heterocycles. The second-order valence-corrected chi connectivity index (χ2v) is 13.5. The summed E-state index contributed by atoms with van der Waals surface area (Å²) in [4.78, 5) is 20.9. The average Bonchev–Trinajstić information content (AvgIpc) is 3.56. The number of carbonyl (C=O) groups excluding carboxylic acids is 1. The number of nitrogens with zero attached hydrogens (tertiary/aromatic N) is 3. The zero-order chi connectivity index (χ0) is 29.7. The minimum atomic E-state index is -4.90. The molecule has 3 aliphatic rings. The van der Waals surface area contributed by atoms with Crippen molar-refractivity contribution in [2.45, 2.75) is 49.2 Å². The molecule has 2 aliphatic heterocycles. The van der Waals surface area contributed by atoms with Crippen molar-refractivity contribution in [3.05, 3.63) is 88.2 Å². The number of likely N-dealkylation sites (tertiary alicyclic amines) is 1. The monoisotopic (exact) mass is 618 g/mol. The summed E-state index contributed by atoms with van der Waals surface area (Å²) in [7, 11) is -4.63. The van der Waals surface area contributed by atoms with Gasteiger partial charge in [0.15, 0.2) is 0 Å². The number of benzene rings is 2. The normalized spacial score (nSPS) is 20.2. The van der Waals surface area contributed by atoms with Gasteiger partial charge in [0.05, 0.1) is 10.6 Å². The number of alkyl halides is 3. The Morgan fingerprint density at radius 1 is 1.02 bits per heavy atom. The molecule has 2 aromatic carbocycles. The number of hydrogen-bond donors (Lipinski definition) is 1. The number of rotatable bonds is 5. The molecular weight excluding hydrogens is 589 g/mol. The minimum Gasteiger partial charge on any atom is -0.371 e. The lowest BCUT2D eigenvalue weighted by Crippen LogP contribution is -2.42. The summed E-state index contributed by atoms with van der Waals surface area (Å²) >= 11 is 5.97. The Kier molecular flexibility index (Phi) is 7.47. The molecule has 1 aromatic heterocycles. The Morgan fingerprint density at radius 3 is 2.45 bits per heavy atom. The molecule has 1 N–H and O–H groups in total. The number of fused-ring (bicyclic) bond motifs is 1. The summed E-state index contributed by atoms with van der Waals surface area (Å²) in [6.45, 7) is 3.13. The van der Waals surface area contributed by atoms with Crippen LogP contribution in [-0.4, -0.2) is 50.4 Å². The lowest BCUT2D eigenvalue weighted by molar-refractivity contribution is -0.139. The Hall–Kier alpha value is -3.15. The smallest absolute Gasteiger partial charge is 0.371 e. The number of pyridine rings is 1. The third kappa shape index (κ3) is 5.49. The van der Waals surface area contributed by atoms with E-state index in [0.29, 0.717) is 43.1 Å². The zero-order valence-electron chi connectivity index (χ0n) is 22.7. The minimum absolute atomic E-state index is 0.0687. The van der Waals surface area contributed by atoms with Crippen molar-refractivity contribution in [2.75, 3.05) is 31.1 Å². The number of halogens is 4. The summed E-state index contributed by atoms with van der Waals surface area (Å²) in [5.74, 6) is -0.120. The molecular formula is C30H30ClF3N4O3S. The van der Waals surface area contributed by atoms with Gasteiger partial charge >= 0.3 is 6.18 Å². The van der Waals surface area contributed by atoms with E-state index < -0.39 is 37.7 Å². The standard InChI is InChI=1S/C30H30ClF3N4O3S/c31-25-3-1-2-24(30(32,33)34)27(25)42(40,41)36-26-7-6-20-4-5-21(18-23(20)26)28(39)38-17-12-29(19-38)10-15-37(16-11-29)22-8-13-35-14-9-22/h1-5,8-9,13-14,18,26,36H,6-7,10-12,15-17,19H2/t26-/m1/s1. The maximum absolute atomic E-state index is 13.6. The van der Waals surface area contributed by atoms with E-state index in [-0.39, 0.29) is 11.3 Å². The van der Waals surface area contributed by atoms with E-state index >= 15 is 0 Å². The van der Waals surface area contributed by atoms with Crippen LogP contribution in [0.5, 0.6) is 0 Å². The first-order valence-corrected chi connectivity index (χ1v) is 15.8. The number of sulfonamides is 1. The van der Waals surface area contributed by atoms with Gasteiger partial charge in [-0.05, 0) is 85.0 Å². The first-order chi connectivity index (χ1) is 20.0. The van der Waals surface area contributed by atoms with Crippen molar-refractivity contribution in [1.82, 2.24) is 14.6 Å². The second kappa shape index (κ2) is 10.8. The number of aromatic nitrogens is 1. The predicted octanol–water partition coefficient (Wildman–Crippen LogP) is 5.85. The molecule has 2 fully saturated rings. The fourth-order valence-electron chi connectivity index (χ4n) is 6.60. The fraction of sp³-hybridized carbons (Fsp3) is 0.400. The summed E-state index contributed by atoms with van der Waals surface area (Å²) < 4.78 is 69.8. The van der Waals surface area contributed by atoms with Crippen LogP contribution in [0.1, 0.15) is 58.8 Å². The molecule has 1 amide bonds. The molecule has 6 rings (SSSR count). The van der Waals surface area contributed by atoms with Crippen molar-refractivity contribution in [2.24, 2.45) is 5.41 Å². The number of piperidine rings is 1. The van der Waals surface area contributed by atoms with E-state index in [9.17, 15) is 26.4 Å². The number of carbonyl (C=O) groups is 1. The number of aryl methyl sites for hydroxylation is 1. The van der Waals surface area contributed by atoms with Crippen molar-refractivity contribution in [1.29, 1.82) is 0 Å². The van der Waals surface area contributed by atoms with Crippen molar-refractivity contribution >= 4 is 33.2 Å². The highest BCUT2D eigenvalue weighted by atomic mass is 35.5. The molecule has 0 radical (unpaired) electrons. The molecule has 2 saturated heterocycles. The topological polar surface area (TPSA) is 82.6 Å². The van der Waals surface area contributed by atoms with Gasteiger partial charge in [0, 0.05) is 55.9 Å². The Labute approximate surface area is 247 Å². The molecule has 0 bridgehead atoms. The highest BCUT2D eigenvalue weighted by Crippen LogP contribution is 2.43. The van der Waals surface area contributed by atoms with Crippen LogP contribution in [0.15, 0.2) is 65.8 Å². The van der Waals surface area contributed by atoms with Gasteiger partial charge in [-0.2, -0.15) is 13.2 Å². The summed E-state index contributed by atoms with van der Waals surface area (Å²) in [5.41, 5.74) is 1.80. The quantitative estimate of drug-likeness (QED) is 0.388. The van der Waals surface area contributed by atoms with Gasteiger partial charge in [-0.3, -0.25) is 9.78 Å².